The summed E-state index contributed by atoms with van der Waals surface area (Å²) in [6.45, 7) is 9.55. The maximum Gasteiger partial charge on any atom is 0.124 e. The van der Waals surface area contributed by atoms with Gasteiger partial charge >= 0.3 is 0 Å². The fraction of sp³-hybridized carbons (Fsp3) is 0.571. The van der Waals surface area contributed by atoms with Gasteiger partial charge in [0.2, 0.25) is 0 Å². The molecule has 0 fully saturated rings. The van der Waals surface area contributed by atoms with Gasteiger partial charge in [-0.15, -0.1) is 0 Å². The molecule has 0 amide bonds. The highest BCUT2D eigenvalue weighted by atomic mass is 79.9. The average Bonchev–Trinajstić information content (AvgIpc) is 2.38. The van der Waals surface area contributed by atoms with Crippen LogP contribution in [0.3, 0.4) is 0 Å². The summed E-state index contributed by atoms with van der Waals surface area (Å²) in [5, 5.41) is 0. The molecule has 4 heteroatoms. The van der Waals surface area contributed by atoms with Crippen molar-refractivity contribution in [1.29, 1.82) is 0 Å². The number of rotatable bonds is 7. The lowest BCUT2D eigenvalue weighted by molar-refractivity contribution is 0.216. The van der Waals surface area contributed by atoms with Gasteiger partial charge in [0.25, 0.3) is 0 Å². The van der Waals surface area contributed by atoms with E-state index in [1.54, 1.807) is 0 Å². The molecule has 3 nitrogen and oxygen atoms in total. The molecule has 2 N–H and O–H groups in total. The summed E-state index contributed by atoms with van der Waals surface area (Å²) >= 11 is 3.52. The molecular formula is C14H23BrN2O. The van der Waals surface area contributed by atoms with Crippen LogP contribution in [-0.2, 0) is 0 Å². The molecule has 0 aliphatic heterocycles. The number of nitrogens with two attached hydrogens (primary N) is 1. The minimum atomic E-state index is 0.207. The fourth-order valence-corrected chi connectivity index (χ4v) is 2.58. The van der Waals surface area contributed by atoms with Gasteiger partial charge in [-0.1, -0.05) is 29.8 Å². The van der Waals surface area contributed by atoms with Crippen LogP contribution in [0, 0.1) is 0 Å². The van der Waals surface area contributed by atoms with Crippen molar-refractivity contribution < 1.29 is 4.74 Å². The third-order valence-electron chi connectivity index (χ3n) is 3.11. The molecule has 0 aromatic heterocycles. The molecule has 0 saturated carbocycles. The normalized spacial score (nSPS) is 12.8. The van der Waals surface area contributed by atoms with Crippen LogP contribution in [-0.4, -0.2) is 31.1 Å². The Hall–Kier alpha value is -0.580. The molecule has 1 rings (SSSR count). The van der Waals surface area contributed by atoms with E-state index in [1.807, 2.05) is 19.1 Å². The molecule has 0 radical (unpaired) electrons. The van der Waals surface area contributed by atoms with Crippen LogP contribution < -0.4 is 10.5 Å². The zero-order valence-electron chi connectivity index (χ0n) is 11.4. The molecule has 0 bridgehead atoms. The van der Waals surface area contributed by atoms with E-state index in [9.17, 15) is 0 Å². The van der Waals surface area contributed by atoms with Gasteiger partial charge in [0.1, 0.15) is 5.75 Å². The van der Waals surface area contributed by atoms with Crippen molar-refractivity contribution in [3.05, 3.63) is 28.2 Å². The van der Waals surface area contributed by atoms with Crippen molar-refractivity contribution in [2.24, 2.45) is 5.73 Å². The molecular weight excluding hydrogens is 292 g/mol. The number of halogens is 1. The minimum Gasteiger partial charge on any atom is -0.494 e. The van der Waals surface area contributed by atoms with Gasteiger partial charge in [0.05, 0.1) is 12.6 Å². The van der Waals surface area contributed by atoms with Crippen LogP contribution in [0.1, 0.15) is 32.4 Å². The standard InChI is InChI=1S/C14H23BrN2O/c1-4-17(5-2)13(10-16)12-9-11(15)7-8-14(12)18-6-3/h7-9,13H,4-6,10,16H2,1-3H3. The second kappa shape index (κ2) is 7.77. The molecule has 0 aliphatic carbocycles. The van der Waals surface area contributed by atoms with E-state index in [4.69, 9.17) is 10.5 Å². The Morgan fingerprint density at radius 1 is 1.28 bits per heavy atom. The highest BCUT2D eigenvalue weighted by Gasteiger charge is 2.20. The second-order valence-corrected chi connectivity index (χ2v) is 5.00. The first-order valence-electron chi connectivity index (χ1n) is 6.54. The number of likely N-dealkylation sites (N-methyl/N-ethyl adjacent to an activating group) is 1. The summed E-state index contributed by atoms with van der Waals surface area (Å²) < 4.78 is 6.77. The molecule has 1 unspecified atom stereocenters. The van der Waals surface area contributed by atoms with Gasteiger partial charge in [-0.3, -0.25) is 4.90 Å². The SMILES string of the molecule is CCOc1ccc(Br)cc1C(CN)N(CC)CC. The number of benzene rings is 1. The third kappa shape index (κ3) is 3.70. The summed E-state index contributed by atoms with van der Waals surface area (Å²) in [7, 11) is 0. The van der Waals surface area contributed by atoms with Crippen molar-refractivity contribution in [1.82, 2.24) is 4.90 Å². The fourth-order valence-electron chi connectivity index (χ4n) is 2.20. The first kappa shape index (κ1) is 15.5. The van der Waals surface area contributed by atoms with Crippen LogP contribution in [0.2, 0.25) is 0 Å². The highest BCUT2D eigenvalue weighted by molar-refractivity contribution is 9.10. The molecule has 1 atom stereocenters. The summed E-state index contributed by atoms with van der Waals surface area (Å²) in [4.78, 5) is 2.35. The van der Waals surface area contributed by atoms with Gasteiger partial charge in [-0.05, 0) is 38.2 Å². The monoisotopic (exact) mass is 314 g/mol. The summed E-state index contributed by atoms with van der Waals surface area (Å²) in [5.74, 6) is 0.933. The van der Waals surface area contributed by atoms with Crippen molar-refractivity contribution in [3.63, 3.8) is 0 Å². The number of hydrogen-bond donors (Lipinski definition) is 1. The predicted octanol–water partition coefficient (Wildman–Crippen LogP) is 3.19. The molecule has 102 valence electrons. The van der Waals surface area contributed by atoms with Crippen LogP contribution in [0.4, 0.5) is 0 Å². The van der Waals surface area contributed by atoms with E-state index >= 15 is 0 Å². The molecule has 0 aliphatic rings. The lowest BCUT2D eigenvalue weighted by atomic mass is 10.0. The smallest absolute Gasteiger partial charge is 0.124 e. The summed E-state index contributed by atoms with van der Waals surface area (Å²) in [6.07, 6.45) is 0. The Bertz CT molecular complexity index is 367. The first-order chi connectivity index (χ1) is 8.67. The Labute approximate surface area is 118 Å². The van der Waals surface area contributed by atoms with E-state index in [1.165, 1.54) is 0 Å². The van der Waals surface area contributed by atoms with E-state index in [2.05, 4.69) is 40.7 Å². The maximum atomic E-state index is 5.96. The molecule has 18 heavy (non-hydrogen) atoms. The van der Waals surface area contributed by atoms with Crippen LogP contribution in [0.15, 0.2) is 22.7 Å². The maximum absolute atomic E-state index is 5.96. The van der Waals surface area contributed by atoms with Crippen LogP contribution in [0.25, 0.3) is 0 Å². The molecule has 0 saturated heterocycles. The largest absolute Gasteiger partial charge is 0.494 e. The topological polar surface area (TPSA) is 38.5 Å². The Morgan fingerprint density at radius 2 is 1.94 bits per heavy atom. The quantitative estimate of drug-likeness (QED) is 0.840. The number of ether oxygens (including phenoxy) is 1. The van der Waals surface area contributed by atoms with Crippen LogP contribution >= 0.6 is 15.9 Å². The van der Waals surface area contributed by atoms with Crippen molar-refractivity contribution in [2.45, 2.75) is 26.8 Å². The van der Waals surface area contributed by atoms with Gasteiger partial charge < -0.3 is 10.5 Å². The molecule has 0 spiro atoms. The average molecular weight is 315 g/mol. The summed E-state index contributed by atoms with van der Waals surface area (Å²) in [5.41, 5.74) is 7.12. The van der Waals surface area contributed by atoms with Crippen molar-refractivity contribution in [3.8, 4) is 5.75 Å². The van der Waals surface area contributed by atoms with Gasteiger partial charge in [0, 0.05) is 16.6 Å². The molecule has 1 aromatic carbocycles. The first-order valence-corrected chi connectivity index (χ1v) is 7.33. The summed E-state index contributed by atoms with van der Waals surface area (Å²) in [6, 6.07) is 6.33. The zero-order valence-corrected chi connectivity index (χ0v) is 13.0. The van der Waals surface area contributed by atoms with E-state index in [0.717, 1.165) is 28.9 Å². The van der Waals surface area contributed by atoms with Crippen molar-refractivity contribution >= 4 is 15.9 Å². The predicted molar refractivity (Wildman–Crippen MR) is 80.0 cm³/mol. The lowest BCUT2D eigenvalue weighted by Gasteiger charge is -2.30. The highest BCUT2D eigenvalue weighted by Crippen LogP contribution is 2.31. The number of nitrogens with zero attached hydrogens (tertiary/aromatic N) is 1. The number of hydrogen-bond acceptors (Lipinski definition) is 3. The van der Waals surface area contributed by atoms with Crippen LogP contribution in [0.5, 0.6) is 5.75 Å². The molecule has 0 heterocycles. The second-order valence-electron chi connectivity index (χ2n) is 4.09. The van der Waals surface area contributed by atoms with Crippen molar-refractivity contribution in [2.75, 3.05) is 26.2 Å². The van der Waals surface area contributed by atoms with E-state index in [0.29, 0.717) is 13.2 Å². The molecule has 1 aromatic rings. The van der Waals surface area contributed by atoms with Gasteiger partial charge in [-0.25, -0.2) is 0 Å². The van der Waals surface area contributed by atoms with Gasteiger partial charge in [-0.2, -0.15) is 0 Å². The Balaban J connectivity index is 3.13. The lowest BCUT2D eigenvalue weighted by Crippen LogP contribution is -2.33. The Kier molecular flexibility index (Phi) is 6.68. The van der Waals surface area contributed by atoms with Gasteiger partial charge in [0.15, 0.2) is 0 Å². The Morgan fingerprint density at radius 3 is 2.44 bits per heavy atom. The zero-order chi connectivity index (χ0) is 13.5. The third-order valence-corrected chi connectivity index (χ3v) is 3.60. The van der Waals surface area contributed by atoms with E-state index < -0.39 is 0 Å². The van der Waals surface area contributed by atoms with E-state index in [-0.39, 0.29) is 6.04 Å². The minimum absolute atomic E-state index is 0.207.